The summed E-state index contributed by atoms with van der Waals surface area (Å²) in [7, 11) is 0. The molecule has 1 amide bonds. The van der Waals surface area contributed by atoms with Crippen molar-refractivity contribution in [3.63, 3.8) is 0 Å². The van der Waals surface area contributed by atoms with Crippen LogP contribution in [-0.2, 0) is 13.1 Å². The molecule has 7 heteroatoms. The lowest BCUT2D eigenvalue weighted by Gasteiger charge is -2.35. The van der Waals surface area contributed by atoms with Gasteiger partial charge in [0.1, 0.15) is 4.99 Å². The van der Waals surface area contributed by atoms with E-state index >= 15 is 0 Å². The first-order chi connectivity index (χ1) is 15.4. The molecule has 1 aromatic heterocycles. The van der Waals surface area contributed by atoms with Gasteiger partial charge in [-0.15, -0.1) is 0 Å². The number of hydrogen-bond acceptors (Lipinski definition) is 3. The molecule has 0 aliphatic carbocycles. The molecule has 0 saturated heterocycles. The molecule has 0 unspecified atom stereocenters. The number of fused-ring (bicyclic) bond motifs is 1. The maximum atomic E-state index is 13.7. The Morgan fingerprint density at radius 2 is 1.76 bits per heavy atom. The van der Waals surface area contributed by atoms with Crippen LogP contribution in [0.1, 0.15) is 45.9 Å². The highest BCUT2D eigenvalue weighted by Gasteiger charge is 2.29. The molecular formula is C26H31N3O3S. The summed E-state index contributed by atoms with van der Waals surface area (Å²) in [6.07, 6.45) is -1.04. The minimum absolute atomic E-state index is 0.0677. The molecule has 0 atom stereocenters. The molecule has 3 aromatic rings. The van der Waals surface area contributed by atoms with Crippen molar-refractivity contribution < 1.29 is 9.90 Å². The van der Waals surface area contributed by atoms with E-state index in [2.05, 4.69) is 0 Å². The van der Waals surface area contributed by atoms with Crippen LogP contribution < -0.4 is 11.3 Å². The van der Waals surface area contributed by atoms with E-state index in [1.165, 1.54) is 4.90 Å². The van der Waals surface area contributed by atoms with Crippen molar-refractivity contribution in [3.05, 3.63) is 70.1 Å². The zero-order valence-corrected chi connectivity index (χ0v) is 20.6. The van der Waals surface area contributed by atoms with Crippen molar-refractivity contribution >= 4 is 34.1 Å². The van der Waals surface area contributed by atoms with E-state index in [-0.39, 0.29) is 23.0 Å². The third-order valence-corrected chi connectivity index (χ3v) is 5.86. The summed E-state index contributed by atoms with van der Waals surface area (Å²) in [5, 5.41) is 11.3. The average molecular weight is 466 g/mol. The minimum atomic E-state index is -1.04. The topological polar surface area (TPSA) is 88.6 Å². The van der Waals surface area contributed by atoms with E-state index in [0.29, 0.717) is 28.6 Å². The molecule has 33 heavy (non-hydrogen) atoms. The second-order valence-corrected chi connectivity index (χ2v) is 10.1. The Labute approximate surface area is 199 Å². The molecule has 3 N–H and O–H groups in total. The highest BCUT2D eigenvalue weighted by Crippen LogP contribution is 2.33. The number of aromatic nitrogens is 1. The summed E-state index contributed by atoms with van der Waals surface area (Å²) in [6, 6.07) is 15.1. The smallest absolute Gasteiger partial charge is 0.408 e. The summed E-state index contributed by atoms with van der Waals surface area (Å²) < 4.78 is 1.73. The molecule has 6 nitrogen and oxygen atoms in total. The zero-order valence-electron chi connectivity index (χ0n) is 19.8. The summed E-state index contributed by atoms with van der Waals surface area (Å²) in [5.74, 6) is 0.186. The van der Waals surface area contributed by atoms with Crippen molar-refractivity contribution in [2.24, 2.45) is 11.7 Å². The van der Waals surface area contributed by atoms with Crippen LogP contribution in [0.2, 0.25) is 0 Å². The quantitative estimate of drug-likeness (QED) is 0.486. The number of benzene rings is 2. The van der Waals surface area contributed by atoms with Crippen LogP contribution in [0.25, 0.3) is 21.9 Å². The predicted octanol–water partition coefficient (Wildman–Crippen LogP) is 5.24. The number of thiocarbonyl (C=S) groups is 1. The van der Waals surface area contributed by atoms with Gasteiger partial charge < -0.3 is 15.4 Å². The van der Waals surface area contributed by atoms with Crippen molar-refractivity contribution in [3.8, 4) is 11.1 Å². The van der Waals surface area contributed by atoms with Gasteiger partial charge >= 0.3 is 6.09 Å². The van der Waals surface area contributed by atoms with Crippen LogP contribution in [-0.4, -0.2) is 31.2 Å². The molecule has 0 saturated carbocycles. The molecule has 0 aliphatic rings. The Balaban J connectivity index is 2.50. The molecule has 3 rings (SSSR count). The van der Waals surface area contributed by atoms with Crippen molar-refractivity contribution in [2.45, 2.75) is 53.2 Å². The number of carboxylic acid groups (broad SMARTS) is 1. The van der Waals surface area contributed by atoms with Crippen molar-refractivity contribution in [1.29, 1.82) is 0 Å². The lowest BCUT2D eigenvalue weighted by molar-refractivity contribution is 0.0937. The van der Waals surface area contributed by atoms with E-state index in [0.717, 1.165) is 11.1 Å². The fraction of sp³-hybridized carbons (Fsp3) is 0.346. The van der Waals surface area contributed by atoms with Gasteiger partial charge in [-0.05, 0) is 49.8 Å². The number of pyridine rings is 1. The van der Waals surface area contributed by atoms with Crippen LogP contribution in [0.15, 0.2) is 53.3 Å². The predicted molar refractivity (Wildman–Crippen MR) is 138 cm³/mol. The van der Waals surface area contributed by atoms with E-state index in [4.69, 9.17) is 18.0 Å². The van der Waals surface area contributed by atoms with E-state index in [9.17, 15) is 14.7 Å². The molecule has 0 fully saturated rings. The van der Waals surface area contributed by atoms with E-state index < -0.39 is 11.6 Å². The van der Waals surface area contributed by atoms with Gasteiger partial charge in [0, 0.05) is 34.3 Å². The number of carbonyl (C=O) groups is 1. The zero-order chi connectivity index (χ0) is 24.5. The number of amides is 1. The average Bonchev–Trinajstić information content (AvgIpc) is 2.73. The van der Waals surface area contributed by atoms with Gasteiger partial charge in [0.15, 0.2) is 0 Å². The van der Waals surface area contributed by atoms with E-state index in [1.54, 1.807) is 16.7 Å². The largest absolute Gasteiger partial charge is 0.465 e. The monoisotopic (exact) mass is 465 g/mol. The summed E-state index contributed by atoms with van der Waals surface area (Å²) >= 11 is 5.19. The van der Waals surface area contributed by atoms with Gasteiger partial charge in [0.05, 0.1) is 6.54 Å². The number of nitrogens with zero attached hydrogens (tertiary/aromatic N) is 2. The van der Waals surface area contributed by atoms with Crippen molar-refractivity contribution in [1.82, 2.24) is 9.47 Å². The Kier molecular flexibility index (Phi) is 6.93. The molecule has 0 spiro atoms. The minimum Gasteiger partial charge on any atom is -0.465 e. The molecular weight excluding hydrogens is 434 g/mol. The van der Waals surface area contributed by atoms with Crippen LogP contribution in [0, 0.1) is 5.92 Å². The first-order valence-electron chi connectivity index (χ1n) is 11.0. The molecule has 174 valence electrons. The van der Waals surface area contributed by atoms with Gasteiger partial charge in [-0.2, -0.15) is 0 Å². The number of rotatable bonds is 6. The second-order valence-electron chi connectivity index (χ2n) is 9.66. The van der Waals surface area contributed by atoms with Gasteiger partial charge in [-0.3, -0.25) is 9.69 Å². The third-order valence-electron chi connectivity index (χ3n) is 5.62. The number of nitrogens with two attached hydrogens (primary N) is 1. The summed E-state index contributed by atoms with van der Waals surface area (Å²) in [4.78, 5) is 27.5. The van der Waals surface area contributed by atoms with Gasteiger partial charge in [0.2, 0.25) is 0 Å². The SMILES string of the molecule is CC(C)Cn1c(CN(C(=O)O)C(C)(C)C)c(-c2ccccc2)c2cc(C(N)=S)ccc2c1=O. The summed E-state index contributed by atoms with van der Waals surface area (Å²) in [6.45, 7) is 10.2. The maximum absolute atomic E-state index is 13.7. The van der Waals surface area contributed by atoms with Crippen LogP contribution in [0.4, 0.5) is 4.79 Å². The fourth-order valence-corrected chi connectivity index (χ4v) is 4.17. The lowest BCUT2D eigenvalue weighted by atomic mass is 9.94. The van der Waals surface area contributed by atoms with Crippen molar-refractivity contribution in [2.75, 3.05) is 0 Å². The Hall–Kier alpha value is -3.19. The summed E-state index contributed by atoms with van der Waals surface area (Å²) in [5.41, 5.74) is 8.13. The highest BCUT2D eigenvalue weighted by atomic mass is 32.1. The molecule has 0 bridgehead atoms. The van der Waals surface area contributed by atoms with Gasteiger partial charge in [0.25, 0.3) is 5.56 Å². The standard InChI is InChI=1S/C26H31N3O3S/c1-16(2)14-28-21(15-29(25(31)32)26(3,4)5)22(17-9-7-6-8-10-17)20-13-18(23(27)33)11-12-19(20)24(28)30/h6-13,16H,14-15H2,1-5H3,(H2,27,33)(H,31,32). The van der Waals surface area contributed by atoms with Gasteiger partial charge in [-0.1, -0.05) is 62.5 Å². The molecule has 2 aromatic carbocycles. The molecule has 1 heterocycles. The Morgan fingerprint density at radius 1 is 1.12 bits per heavy atom. The second kappa shape index (κ2) is 9.35. The maximum Gasteiger partial charge on any atom is 0.408 e. The molecule has 0 radical (unpaired) electrons. The van der Waals surface area contributed by atoms with E-state index in [1.807, 2.05) is 71.0 Å². The normalized spacial score (nSPS) is 11.7. The Bertz CT molecular complexity index is 1260. The third kappa shape index (κ3) is 5.09. The van der Waals surface area contributed by atoms with Crippen LogP contribution in [0.3, 0.4) is 0 Å². The lowest BCUT2D eigenvalue weighted by Crippen LogP contribution is -2.45. The fourth-order valence-electron chi connectivity index (χ4n) is 4.04. The van der Waals surface area contributed by atoms with Crippen LogP contribution >= 0.6 is 12.2 Å². The highest BCUT2D eigenvalue weighted by molar-refractivity contribution is 7.80. The number of hydrogen-bond donors (Lipinski definition) is 2. The molecule has 0 aliphatic heterocycles. The first kappa shape index (κ1) is 24.5. The van der Waals surface area contributed by atoms with Crippen LogP contribution in [0.5, 0.6) is 0 Å². The first-order valence-corrected chi connectivity index (χ1v) is 11.4. The van der Waals surface area contributed by atoms with Gasteiger partial charge in [-0.25, -0.2) is 4.79 Å². The Morgan fingerprint density at radius 3 is 2.27 bits per heavy atom.